The first-order valence-corrected chi connectivity index (χ1v) is 4.42. The Balaban J connectivity index is 2.41. The summed E-state index contributed by atoms with van der Waals surface area (Å²) in [5, 5.41) is 9.45. The minimum atomic E-state index is -0.243. The molecule has 1 atom stereocenters. The molecule has 0 heterocycles. The smallest absolute Gasteiger partial charge is 0.233 e. The molecule has 1 amide bonds. The fraction of sp³-hybridized carbons (Fsp3) is 0.300. The van der Waals surface area contributed by atoms with Gasteiger partial charge in [0.2, 0.25) is 6.41 Å². The van der Waals surface area contributed by atoms with Crippen LogP contribution in [0, 0.1) is 0 Å². The van der Waals surface area contributed by atoms with E-state index in [0.717, 1.165) is 5.56 Å². The Morgan fingerprint density at radius 1 is 1.43 bits per heavy atom. The second-order valence-electron chi connectivity index (χ2n) is 3.18. The monoisotopic (exact) mass is 194 g/mol. The van der Waals surface area contributed by atoms with Gasteiger partial charge in [-0.15, -0.1) is 0 Å². The molecule has 4 heteroatoms. The van der Waals surface area contributed by atoms with Crippen LogP contribution in [0.3, 0.4) is 0 Å². The van der Waals surface area contributed by atoms with Crippen molar-refractivity contribution in [1.29, 1.82) is 0 Å². The summed E-state index contributed by atoms with van der Waals surface area (Å²) in [6, 6.07) is 9.47. The van der Waals surface area contributed by atoms with Gasteiger partial charge in [-0.25, -0.2) is 5.06 Å². The second-order valence-corrected chi connectivity index (χ2v) is 3.18. The van der Waals surface area contributed by atoms with E-state index in [2.05, 4.69) is 0 Å². The summed E-state index contributed by atoms with van der Waals surface area (Å²) in [6.07, 6.45) is 0.997. The maximum Gasteiger partial charge on any atom is 0.233 e. The Morgan fingerprint density at radius 3 is 2.64 bits per heavy atom. The van der Waals surface area contributed by atoms with Crippen LogP contribution in [0.2, 0.25) is 0 Å². The SMILES string of the molecule is N[C@@H](Cc1ccccc1)CN(O)C=O. The molecule has 0 radical (unpaired) electrons. The predicted octanol–water partition coefficient (Wildman–Crippen LogP) is 0.404. The van der Waals surface area contributed by atoms with E-state index in [1.54, 1.807) is 0 Å². The Hall–Kier alpha value is -1.39. The van der Waals surface area contributed by atoms with Crippen molar-refractivity contribution in [2.75, 3.05) is 6.54 Å². The van der Waals surface area contributed by atoms with Gasteiger partial charge in [-0.1, -0.05) is 30.3 Å². The van der Waals surface area contributed by atoms with Crippen LogP contribution in [-0.4, -0.2) is 29.3 Å². The van der Waals surface area contributed by atoms with Crippen LogP contribution in [0.1, 0.15) is 5.56 Å². The van der Waals surface area contributed by atoms with Crippen molar-refractivity contribution >= 4 is 6.41 Å². The highest BCUT2D eigenvalue weighted by molar-refractivity contribution is 5.44. The van der Waals surface area contributed by atoms with Gasteiger partial charge < -0.3 is 5.73 Å². The number of nitrogens with zero attached hydrogens (tertiary/aromatic N) is 1. The minimum Gasteiger partial charge on any atom is -0.326 e. The van der Waals surface area contributed by atoms with Gasteiger partial charge in [0.25, 0.3) is 0 Å². The summed E-state index contributed by atoms with van der Waals surface area (Å²) in [5.74, 6) is 0. The highest BCUT2D eigenvalue weighted by Crippen LogP contribution is 2.01. The zero-order valence-electron chi connectivity index (χ0n) is 7.84. The third-order valence-corrected chi connectivity index (χ3v) is 1.88. The second kappa shape index (κ2) is 5.36. The number of hydroxylamine groups is 2. The van der Waals surface area contributed by atoms with E-state index in [1.165, 1.54) is 0 Å². The van der Waals surface area contributed by atoms with Crippen molar-refractivity contribution in [2.45, 2.75) is 12.5 Å². The molecule has 0 aliphatic carbocycles. The van der Waals surface area contributed by atoms with Crippen molar-refractivity contribution in [1.82, 2.24) is 5.06 Å². The number of carbonyl (C=O) groups excluding carboxylic acids is 1. The molecule has 3 N–H and O–H groups in total. The zero-order chi connectivity index (χ0) is 10.4. The van der Waals surface area contributed by atoms with Gasteiger partial charge in [-0.05, 0) is 12.0 Å². The molecular weight excluding hydrogens is 180 g/mol. The normalized spacial score (nSPS) is 12.1. The maximum absolute atomic E-state index is 10.1. The quantitative estimate of drug-likeness (QED) is 0.405. The fourth-order valence-electron chi connectivity index (χ4n) is 1.26. The minimum absolute atomic E-state index is 0.151. The zero-order valence-corrected chi connectivity index (χ0v) is 7.84. The summed E-state index contributed by atoms with van der Waals surface area (Å²) >= 11 is 0. The molecule has 1 aromatic rings. The van der Waals surface area contributed by atoms with E-state index < -0.39 is 0 Å². The van der Waals surface area contributed by atoms with E-state index in [1.807, 2.05) is 30.3 Å². The van der Waals surface area contributed by atoms with Gasteiger partial charge >= 0.3 is 0 Å². The van der Waals surface area contributed by atoms with Gasteiger partial charge in [0.1, 0.15) is 0 Å². The number of nitrogens with two attached hydrogens (primary N) is 1. The van der Waals surface area contributed by atoms with Crippen LogP contribution in [0.25, 0.3) is 0 Å². The van der Waals surface area contributed by atoms with Crippen LogP contribution in [0.4, 0.5) is 0 Å². The molecule has 0 saturated carbocycles. The molecule has 14 heavy (non-hydrogen) atoms. The van der Waals surface area contributed by atoms with Crippen LogP contribution >= 0.6 is 0 Å². The molecule has 0 aromatic heterocycles. The summed E-state index contributed by atoms with van der Waals surface area (Å²) in [5.41, 5.74) is 6.82. The fourth-order valence-corrected chi connectivity index (χ4v) is 1.26. The standard InChI is InChI=1S/C10H14N2O2/c11-10(7-12(14)8-13)6-9-4-2-1-3-5-9/h1-5,8,10,14H,6-7,11H2/t10-/m0/s1. The Labute approximate surface area is 82.9 Å². The highest BCUT2D eigenvalue weighted by atomic mass is 16.5. The van der Waals surface area contributed by atoms with Crippen molar-refractivity contribution < 1.29 is 10.0 Å². The maximum atomic E-state index is 10.1. The first kappa shape index (κ1) is 10.7. The molecule has 0 fully saturated rings. The van der Waals surface area contributed by atoms with Gasteiger partial charge in [0.05, 0.1) is 6.54 Å². The molecular formula is C10H14N2O2. The van der Waals surface area contributed by atoms with Crippen molar-refractivity contribution in [3.8, 4) is 0 Å². The summed E-state index contributed by atoms with van der Waals surface area (Å²) in [6.45, 7) is 0.151. The van der Waals surface area contributed by atoms with Crippen LogP contribution in [0.15, 0.2) is 30.3 Å². The molecule has 1 aromatic carbocycles. The number of amides is 1. The first-order valence-electron chi connectivity index (χ1n) is 4.42. The lowest BCUT2D eigenvalue weighted by Crippen LogP contribution is -2.36. The van der Waals surface area contributed by atoms with Crippen molar-refractivity contribution in [3.05, 3.63) is 35.9 Å². The molecule has 0 aliphatic heterocycles. The molecule has 0 spiro atoms. The molecule has 0 unspecified atom stereocenters. The molecule has 0 saturated heterocycles. The molecule has 1 rings (SSSR count). The van der Waals surface area contributed by atoms with E-state index in [0.29, 0.717) is 17.9 Å². The Kier molecular flexibility index (Phi) is 4.10. The van der Waals surface area contributed by atoms with E-state index in [9.17, 15) is 4.79 Å². The lowest BCUT2D eigenvalue weighted by Gasteiger charge is -2.15. The van der Waals surface area contributed by atoms with Gasteiger partial charge in [0, 0.05) is 6.04 Å². The summed E-state index contributed by atoms with van der Waals surface area (Å²) in [4.78, 5) is 10.1. The Morgan fingerprint density at radius 2 is 2.07 bits per heavy atom. The third-order valence-electron chi connectivity index (χ3n) is 1.88. The van der Waals surface area contributed by atoms with E-state index in [4.69, 9.17) is 10.9 Å². The predicted molar refractivity (Wildman–Crippen MR) is 52.7 cm³/mol. The summed E-state index contributed by atoms with van der Waals surface area (Å²) < 4.78 is 0. The van der Waals surface area contributed by atoms with Gasteiger partial charge in [-0.3, -0.25) is 10.0 Å². The number of hydrogen-bond acceptors (Lipinski definition) is 3. The number of hydrogen-bond donors (Lipinski definition) is 2. The topological polar surface area (TPSA) is 66.6 Å². The Bertz CT molecular complexity index is 277. The first-order chi connectivity index (χ1) is 6.72. The molecule has 4 nitrogen and oxygen atoms in total. The van der Waals surface area contributed by atoms with Gasteiger partial charge in [-0.2, -0.15) is 0 Å². The van der Waals surface area contributed by atoms with E-state index in [-0.39, 0.29) is 12.6 Å². The summed E-state index contributed by atoms with van der Waals surface area (Å²) in [7, 11) is 0. The lowest BCUT2D eigenvalue weighted by atomic mass is 10.1. The van der Waals surface area contributed by atoms with Crippen LogP contribution < -0.4 is 5.73 Å². The van der Waals surface area contributed by atoms with Crippen molar-refractivity contribution in [2.24, 2.45) is 5.73 Å². The average molecular weight is 194 g/mol. The lowest BCUT2D eigenvalue weighted by molar-refractivity contribution is -0.150. The van der Waals surface area contributed by atoms with Crippen LogP contribution in [-0.2, 0) is 11.2 Å². The molecule has 0 bridgehead atoms. The number of rotatable bonds is 5. The largest absolute Gasteiger partial charge is 0.326 e. The van der Waals surface area contributed by atoms with Crippen LogP contribution in [0.5, 0.6) is 0 Å². The average Bonchev–Trinajstić information content (AvgIpc) is 2.19. The number of carbonyl (C=O) groups is 1. The highest BCUT2D eigenvalue weighted by Gasteiger charge is 2.07. The van der Waals surface area contributed by atoms with E-state index >= 15 is 0 Å². The molecule has 76 valence electrons. The third kappa shape index (κ3) is 3.55. The number of benzene rings is 1. The van der Waals surface area contributed by atoms with Gasteiger partial charge in [0.15, 0.2) is 0 Å². The molecule has 0 aliphatic rings. The van der Waals surface area contributed by atoms with Crippen molar-refractivity contribution in [3.63, 3.8) is 0 Å².